The van der Waals surface area contributed by atoms with E-state index in [1.807, 2.05) is 24.3 Å². The molecule has 3 aliphatic heterocycles. The van der Waals surface area contributed by atoms with Crippen molar-refractivity contribution in [2.75, 3.05) is 13.2 Å². The van der Waals surface area contributed by atoms with Gasteiger partial charge in [-0.05, 0) is 35.7 Å². The molecule has 3 heterocycles. The van der Waals surface area contributed by atoms with Crippen molar-refractivity contribution in [2.24, 2.45) is 0 Å². The van der Waals surface area contributed by atoms with E-state index in [9.17, 15) is 4.39 Å². The number of aryl methyl sites for hydroxylation is 1. The molecule has 6 rings (SSSR count). The summed E-state index contributed by atoms with van der Waals surface area (Å²) in [6.07, 6.45) is 3.07. The molecule has 0 N–H and O–H groups in total. The summed E-state index contributed by atoms with van der Waals surface area (Å²) in [4.78, 5) is 0. The molecular formula is C27H22FN3O2. The predicted molar refractivity (Wildman–Crippen MR) is 125 cm³/mol. The Bertz CT molecular complexity index is 1430. The third-order valence-corrected chi connectivity index (χ3v) is 6.17. The molecule has 0 radical (unpaired) electrons. The third-order valence-electron chi connectivity index (χ3n) is 6.17. The molecule has 0 saturated heterocycles. The first-order valence-corrected chi connectivity index (χ1v) is 11.1. The summed E-state index contributed by atoms with van der Waals surface area (Å²) in [7, 11) is 0. The maximum absolute atomic E-state index is 13.5. The zero-order valence-electron chi connectivity index (χ0n) is 18.2. The molecule has 0 unspecified atom stereocenters. The van der Waals surface area contributed by atoms with Gasteiger partial charge in [-0.25, -0.2) is 4.39 Å². The number of nitrogens with zero attached hydrogens (tertiary/aromatic N) is 3. The number of hydrogen-bond donors (Lipinski definition) is 0. The molecular weight excluding hydrogens is 417 g/mol. The molecule has 5 nitrogen and oxygen atoms in total. The van der Waals surface area contributed by atoms with E-state index in [4.69, 9.17) is 9.47 Å². The van der Waals surface area contributed by atoms with E-state index in [0.717, 1.165) is 51.2 Å². The van der Waals surface area contributed by atoms with Gasteiger partial charge < -0.3 is 14.0 Å². The van der Waals surface area contributed by atoms with Crippen LogP contribution in [-0.4, -0.2) is 28.0 Å². The van der Waals surface area contributed by atoms with Crippen molar-refractivity contribution < 1.29 is 13.9 Å². The van der Waals surface area contributed by atoms with Gasteiger partial charge in [-0.15, -0.1) is 10.2 Å². The highest BCUT2D eigenvalue weighted by molar-refractivity contribution is 5.99. The molecule has 0 bridgehead atoms. The van der Waals surface area contributed by atoms with E-state index in [1.165, 1.54) is 17.7 Å². The molecule has 0 atom stereocenters. The summed E-state index contributed by atoms with van der Waals surface area (Å²) in [5.74, 6) is 1.19. The molecule has 0 aromatic heterocycles. The number of hydrogen-bond acceptors (Lipinski definition) is 4. The van der Waals surface area contributed by atoms with Crippen LogP contribution >= 0.6 is 0 Å². The van der Waals surface area contributed by atoms with E-state index in [2.05, 4.69) is 52.2 Å². The summed E-state index contributed by atoms with van der Waals surface area (Å²) in [6.45, 7) is 3.76. The van der Waals surface area contributed by atoms with Crippen LogP contribution < -0.4 is 9.47 Å². The zero-order chi connectivity index (χ0) is 22.4. The van der Waals surface area contributed by atoms with Gasteiger partial charge in [0.1, 0.15) is 30.4 Å². The molecule has 3 aliphatic rings. The maximum atomic E-state index is 13.5. The fourth-order valence-corrected chi connectivity index (χ4v) is 4.40. The lowest BCUT2D eigenvalue weighted by Gasteiger charge is -2.21. The lowest BCUT2D eigenvalue weighted by molar-refractivity contribution is 0.172. The van der Waals surface area contributed by atoms with Crippen LogP contribution in [-0.2, 0) is 13.0 Å². The number of fused-ring (bicyclic) bond motifs is 4. The van der Waals surface area contributed by atoms with Crippen LogP contribution in [0.25, 0.3) is 33.4 Å². The minimum absolute atomic E-state index is 0.245. The average molecular weight is 439 g/mol. The normalized spacial score (nSPS) is 13.0. The molecule has 3 aromatic carbocycles. The van der Waals surface area contributed by atoms with E-state index in [-0.39, 0.29) is 5.82 Å². The molecule has 164 valence electrons. The van der Waals surface area contributed by atoms with Crippen LogP contribution in [0.4, 0.5) is 4.39 Å². The van der Waals surface area contributed by atoms with Crippen molar-refractivity contribution in [2.45, 2.75) is 19.9 Å². The Morgan fingerprint density at radius 2 is 1.52 bits per heavy atom. The van der Waals surface area contributed by atoms with Gasteiger partial charge in [0.15, 0.2) is 11.5 Å². The standard InChI is InChI=1S/C27H22FN3O2/c1-2-17-3-7-19(8-4-17)26-22-16-31(15-18-5-9-20(28)10-6-18)23-14-25-24(32-11-12-33-25)13-21(23)27(22)30-29-26/h3-10,13-14,16H,2,11-12,15H2,1H3. The monoisotopic (exact) mass is 439 g/mol. The second-order valence-corrected chi connectivity index (χ2v) is 8.26. The fraction of sp³-hybridized carbons (Fsp3) is 0.185. The van der Waals surface area contributed by atoms with Crippen molar-refractivity contribution in [3.8, 4) is 34.0 Å². The first-order valence-electron chi connectivity index (χ1n) is 11.1. The van der Waals surface area contributed by atoms with Gasteiger partial charge in [-0.2, -0.15) is 0 Å². The summed E-state index contributed by atoms with van der Waals surface area (Å²) in [5, 5.41) is 10.1. The lowest BCUT2D eigenvalue weighted by atomic mass is 10.00. The van der Waals surface area contributed by atoms with Gasteiger partial charge in [0, 0.05) is 35.3 Å². The van der Waals surface area contributed by atoms with Gasteiger partial charge in [-0.1, -0.05) is 43.3 Å². The highest BCUT2D eigenvalue weighted by Gasteiger charge is 2.23. The first-order chi connectivity index (χ1) is 16.2. The van der Waals surface area contributed by atoms with Gasteiger partial charge in [0.05, 0.1) is 5.52 Å². The summed E-state index contributed by atoms with van der Waals surface area (Å²) >= 11 is 0. The second kappa shape index (κ2) is 7.89. The number of ether oxygens (including phenoxy) is 2. The number of pyridine rings is 1. The van der Waals surface area contributed by atoms with Crippen LogP contribution in [0, 0.1) is 5.82 Å². The van der Waals surface area contributed by atoms with Crippen LogP contribution in [0.3, 0.4) is 0 Å². The second-order valence-electron chi connectivity index (χ2n) is 8.26. The Kier molecular flexibility index (Phi) is 4.72. The van der Waals surface area contributed by atoms with E-state index in [1.54, 1.807) is 0 Å². The molecule has 0 amide bonds. The van der Waals surface area contributed by atoms with Gasteiger partial charge in [0.2, 0.25) is 0 Å². The Morgan fingerprint density at radius 3 is 2.24 bits per heavy atom. The Morgan fingerprint density at radius 1 is 0.848 bits per heavy atom. The summed E-state index contributed by atoms with van der Waals surface area (Å²) < 4.78 is 27.3. The first kappa shape index (κ1) is 19.7. The average Bonchev–Trinajstić information content (AvgIpc) is 3.28. The topological polar surface area (TPSA) is 49.2 Å². The molecule has 33 heavy (non-hydrogen) atoms. The number of benzene rings is 3. The molecule has 6 heteroatoms. The van der Waals surface area contributed by atoms with Crippen molar-refractivity contribution in [3.05, 3.63) is 83.8 Å². The fourth-order valence-electron chi connectivity index (χ4n) is 4.40. The molecule has 0 saturated carbocycles. The summed E-state index contributed by atoms with van der Waals surface area (Å²) in [5.41, 5.74) is 6.90. The SMILES string of the molecule is CCc1ccc(-c2nnc3c4cc5c(cc4n(Cc4ccc(F)cc4)cc2-3)OCCO5)cc1. The number of halogens is 1. The van der Waals surface area contributed by atoms with E-state index >= 15 is 0 Å². The smallest absolute Gasteiger partial charge is 0.163 e. The lowest BCUT2D eigenvalue weighted by Crippen LogP contribution is -2.15. The maximum Gasteiger partial charge on any atom is 0.163 e. The Hall–Kier alpha value is -3.93. The number of rotatable bonds is 4. The van der Waals surface area contributed by atoms with Crippen molar-refractivity contribution in [1.82, 2.24) is 14.8 Å². The summed E-state index contributed by atoms with van der Waals surface area (Å²) in [6, 6.07) is 19.0. The third kappa shape index (κ3) is 3.48. The molecule has 0 aliphatic carbocycles. The minimum atomic E-state index is -0.245. The Balaban J connectivity index is 1.56. The number of aromatic nitrogens is 3. The molecule has 3 aromatic rings. The molecule has 0 spiro atoms. The van der Waals surface area contributed by atoms with Crippen molar-refractivity contribution in [3.63, 3.8) is 0 Å². The van der Waals surface area contributed by atoms with E-state index in [0.29, 0.717) is 25.5 Å². The van der Waals surface area contributed by atoms with Crippen LogP contribution in [0.2, 0.25) is 0 Å². The van der Waals surface area contributed by atoms with Crippen molar-refractivity contribution in [1.29, 1.82) is 0 Å². The van der Waals surface area contributed by atoms with Crippen LogP contribution in [0.5, 0.6) is 11.5 Å². The van der Waals surface area contributed by atoms with Crippen LogP contribution in [0.1, 0.15) is 18.1 Å². The largest absolute Gasteiger partial charge is 0.486 e. The Labute approximate surface area is 190 Å². The van der Waals surface area contributed by atoms with E-state index < -0.39 is 0 Å². The quantitative estimate of drug-likeness (QED) is 0.359. The van der Waals surface area contributed by atoms with Crippen LogP contribution in [0.15, 0.2) is 66.9 Å². The van der Waals surface area contributed by atoms with Gasteiger partial charge >= 0.3 is 0 Å². The van der Waals surface area contributed by atoms with Gasteiger partial charge in [0.25, 0.3) is 0 Å². The van der Waals surface area contributed by atoms with Crippen molar-refractivity contribution >= 4 is 10.9 Å². The zero-order valence-corrected chi connectivity index (χ0v) is 18.2. The van der Waals surface area contributed by atoms with Gasteiger partial charge in [-0.3, -0.25) is 0 Å². The predicted octanol–water partition coefficient (Wildman–Crippen LogP) is 5.72. The minimum Gasteiger partial charge on any atom is -0.486 e. The highest BCUT2D eigenvalue weighted by atomic mass is 19.1. The molecule has 0 fully saturated rings. The highest BCUT2D eigenvalue weighted by Crippen LogP contribution is 2.41.